The maximum absolute atomic E-state index is 14.8. The summed E-state index contributed by atoms with van der Waals surface area (Å²) in [7, 11) is -3.13. The summed E-state index contributed by atoms with van der Waals surface area (Å²) in [6, 6.07) is 48.3. The molecule has 34 heavy (non-hydrogen) atoms. The van der Waals surface area contributed by atoms with E-state index in [4.69, 9.17) is 0 Å². The third-order valence-corrected chi connectivity index (χ3v) is 8.71. The zero-order valence-electron chi connectivity index (χ0n) is 18.8. The van der Waals surface area contributed by atoms with Crippen molar-refractivity contribution in [3.8, 4) is 11.1 Å². The molecule has 2 nitrogen and oxygen atoms in total. The maximum atomic E-state index is 14.8. The summed E-state index contributed by atoms with van der Waals surface area (Å²) in [6.45, 7) is 0. The molecule has 0 amide bonds. The van der Waals surface area contributed by atoms with E-state index in [1.165, 1.54) is 5.56 Å². The third-order valence-electron chi connectivity index (χ3n) is 6.03. The molecule has 3 heteroatoms. The van der Waals surface area contributed by atoms with Gasteiger partial charge in [0, 0.05) is 10.6 Å². The van der Waals surface area contributed by atoms with Gasteiger partial charge >= 0.3 is 0 Å². The molecule has 0 aromatic heterocycles. The second-order valence-electron chi connectivity index (χ2n) is 8.24. The fraction of sp³-hybridized carbons (Fsp3) is 0.0323. The van der Waals surface area contributed by atoms with Crippen molar-refractivity contribution in [1.82, 2.24) is 5.09 Å². The molecule has 0 spiro atoms. The van der Waals surface area contributed by atoms with Gasteiger partial charge in [0.2, 0.25) is 7.29 Å². The fourth-order valence-electron chi connectivity index (χ4n) is 4.24. The van der Waals surface area contributed by atoms with E-state index in [1.54, 1.807) is 0 Å². The molecule has 166 valence electrons. The Bertz CT molecular complexity index is 1330. The summed E-state index contributed by atoms with van der Waals surface area (Å²) in [5.74, 6) is 0. The van der Waals surface area contributed by atoms with Gasteiger partial charge in [-0.15, -0.1) is 0 Å². The van der Waals surface area contributed by atoms with Crippen LogP contribution in [0.1, 0.15) is 17.2 Å². The standard InChI is InChI=1S/C31H26NOP/c33-34(29-17-9-3-10-18-29,30-19-11-4-12-20-30)32-31(27-15-7-2-8-16-27)28-23-21-26(22-24-28)25-13-5-1-6-14-25/h1-24,31H,(H,32,33)/t31-/m0/s1. The average molecular weight is 460 g/mol. The van der Waals surface area contributed by atoms with Gasteiger partial charge in [-0.2, -0.15) is 0 Å². The second kappa shape index (κ2) is 10.1. The lowest BCUT2D eigenvalue weighted by molar-refractivity contribution is 0.572. The highest BCUT2D eigenvalue weighted by atomic mass is 31.2. The first kappa shape index (κ1) is 22.1. The Labute approximate surface area is 201 Å². The number of hydrogen-bond donors (Lipinski definition) is 1. The first-order chi connectivity index (χ1) is 16.7. The molecular formula is C31H26NOP. The normalized spacial score (nSPS) is 12.2. The van der Waals surface area contributed by atoms with Gasteiger partial charge in [0.1, 0.15) is 0 Å². The third kappa shape index (κ3) is 4.65. The molecule has 0 radical (unpaired) electrons. The number of rotatable bonds is 7. The van der Waals surface area contributed by atoms with E-state index in [2.05, 4.69) is 53.6 Å². The molecule has 0 saturated heterocycles. The van der Waals surface area contributed by atoms with Gasteiger partial charge in [0.25, 0.3) is 0 Å². The maximum Gasteiger partial charge on any atom is 0.205 e. The van der Waals surface area contributed by atoms with E-state index in [0.29, 0.717) is 0 Å². The van der Waals surface area contributed by atoms with Crippen LogP contribution in [0.4, 0.5) is 0 Å². The second-order valence-corrected chi connectivity index (χ2v) is 10.8. The van der Waals surface area contributed by atoms with Crippen molar-refractivity contribution in [2.75, 3.05) is 0 Å². The Morgan fingerprint density at radius 2 is 0.824 bits per heavy atom. The summed E-state index contributed by atoms with van der Waals surface area (Å²) in [6.07, 6.45) is 0. The van der Waals surface area contributed by atoms with Crippen molar-refractivity contribution in [2.45, 2.75) is 6.04 Å². The molecule has 0 aliphatic rings. The van der Waals surface area contributed by atoms with Crippen LogP contribution in [0, 0.1) is 0 Å². The van der Waals surface area contributed by atoms with Gasteiger partial charge in [-0.25, -0.2) is 5.09 Å². The fourth-order valence-corrected chi connectivity index (χ4v) is 6.68. The van der Waals surface area contributed by atoms with Gasteiger partial charge in [0.05, 0.1) is 6.04 Å². The summed E-state index contributed by atoms with van der Waals surface area (Å²) >= 11 is 0. The van der Waals surface area contributed by atoms with Crippen molar-refractivity contribution in [2.24, 2.45) is 0 Å². The molecule has 5 rings (SSSR count). The van der Waals surface area contributed by atoms with Crippen molar-refractivity contribution < 1.29 is 4.57 Å². The predicted molar refractivity (Wildman–Crippen MR) is 143 cm³/mol. The van der Waals surface area contributed by atoms with Crippen LogP contribution >= 0.6 is 7.29 Å². The van der Waals surface area contributed by atoms with Gasteiger partial charge in [0.15, 0.2) is 0 Å². The summed E-state index contributed by atoms with van der Waals surface area (Å²) in [4.78, 5) is 0. The van der Waals surface area contributed by atoms with Gasteiger partial charge in [-0.1, -0.05) is 121 Å². The zero-order chi connectivity index (χ0) is 23.2. The number of benzene rings is 5. The average Bonchev–Trinajstić information content (AvgIpc) is 2.94. The van der Waals surface area contributed by atoms with E-state index < -0.39 is 7.29 Å². The van der Waals surface area contributed by atoms with Crippen LogP contribution in [0.2, 0.25) is 0 Å². The zero-order valence-corrected chi connectivity index (χ0v) is 19.7. The first-order valence-electron chi connectivity index (χ1n) is 11.4. The summed E-state index contributed by atoms with van der Waals surface area (Å²) in [5, 5.41) is 5.20. The SMILES string of the molecule is O=P(N[C@@H](c1ccccc1)c1ccc(-c2ccccc2)cc1)(c1ccccc1)c1ccccc1. The molecular weight excluding hydrogens is 433 g/mol. The molecule has 0 aliphatic heterocycles. The highest BCUT2D eigenvalue weighted by Gasteiger charge is 2.31. The molecule has 0 bridgehead atoms. The Morgan fingerprint density at radius 1 is 0.441 bits per heavy atom. The van der Waals surface area contributed by atoms with E-state index in [0.717, 1.165) is 27.3 Å². The Kier molecular flexibility index (Phi) is 6.53. The monoisotopic (exact) mass is 459 g/mol. The van der Waals surface area contributed by atoms with E-state index in [1.807, 2.05) is 97.1 Å². The van der Waals surface area contributed by atoms with Crippen LogP contribution in [0.15, 0.2) is 146 Å². The molecule has 0 fully saturated rings. The Hall–Kier alpha value is -3.71. The minimum atomic E-state index is -3.13. The van der Waals surface area contributed by atoms with E-state index in [-0.39, 0.29) is 6.04 Å². The van der Waals surface area contributed by atoms with Crippen molar-refractivity contribution in [1.29, 1.82) is 0 Å². The molecule has 0 saturated carbocycles. The quantitative estimate of drug-likeness (QED) is 0.267. The smallest absolute Gasteiger partial charge is 0.205 e. The Balaban J connectivity index is 1.59. The minimum absolute atomic E-state index is 0.239. The van der Waals surface area contributed by atoms with Crippen LogP contribution < -0.4 is 15.7 Å². The largest absolute Gasteiger partial charge is 0.296 e. The Morgan fingerprint density at radius 3 is 1.32 bits per heavy atom. The van der Waals surface area contributed by atoms with E-state index in [9.17, 15) is 4.57 Å². The predicted octanol–water partition coefficient (Wildman–Crippen LogP) is 6.96. The molecule has 0 unspecified atom stereocenters. The van der Waals surface area contributed by atoms with Gasteiger partial charge < -0.3 is 0 Å². The van der Waals surface area contributed by atoms with E-state index >= 15 is 0 Å². The highest BCUT2D eigenvalue weighted by molar-refractivity contribution is 7.76. The van der Waals surface area contributed by atoms with Gasteiger partial charge in [-0.05, 0) is 46.5 Å². The van der Waals surface area contributed by atoms with Crippen LogP contribution in [-0.2, 0) is 4.57 Å². The van der Waals surface area contributed by atoms with Crippen molar-refractivity contribution in [3.05, 3.63) is 157 Å². The van der Waals surface area contributed by atoms with Crippen LogP contribution in [0.5, 0.6) is 0 Å². The topological polar surface area (TPSA) is 29.1 Å². The lowest BCUT2D eigenvalue weighted by Gasteiger charge is -2.28. The van der Waals surface area contributed by atoms with Crippen LogP contribution in [0.3, 0.4) is 0 Å². The van der Waals surface area contributed by atoms with Crippen LogP contribution in [-0.4, -0.2) is 0 Å². The molecule has 5 aromatic rings. The molecule has 5 aromatic carbocycles. The number of hydrogen-bond acceptors (Lipinski definition) is 1. The summed E-state index contributed by atoms with van der Waals surface area (Å²) in [5.41, 5.74) is 4.47. The first-order valence-corrected chi connectivity index (χ1v) is 13.1. The van der Waals surface area contributed by atoms with Crippen molar-refractivity contribution in [3.63, 3.8) is 0 Å². The lowest BCUT2D eigenvalue weighted by atomic mass is 9.97. The molecule has 0 aliphatic carbocycles. The highest BCUT2D eigenvalue weighted by Crippen LogP contribution is 2.43. The summed E-state index contributed by atoms with van der Waals surface area (Å²) < 4.78 is 14.8. The molecule has 0 heterocycles. The number of nitrogens with one attached hydrogen (secondary N) is 1. The minimum Gasteiger partial charge on any atom is -0.296 e. The molecule has 1 N–H and O–H groups in total. The van der Waals surface area contributed by atoms with Crippen molar-refractivity contribution >= 4 is 17.9 Å². The lowest BCUT2D eigenvalue weighted by Crippen LogP contribution is -2.31. The molecule has 1 atom stereocenters. The van der Waals surface area contributed by atoms with Crippen LogP contribution in [0.25, 0.3) is 11.1 Å². The van der Waals surface area contributed by atoms with Gasteiger partial charge in [-0.3, -0.25) is 4.57 Å².